The Hall–Kier alpha value is -0.610. The van der Waals surface area contributed by atoms with Crippen molar-refractivity contribution in [2.75, 3.05) is 20.2 Å². The van der Waals surface area contributed by atoms with Gasteiger partial charge in [-0.3, -0.25) is 4.79 Å². The zero-order valence-corrected chi connectivity index (χ0v) is 9.48. The lowest BCUT2D eigenvalue weighted by Gasteiger charge is -2.28. The van der Waals surface area contributed by atoms with E-state index in [-0.39, 0.29) is 12.5 Å². The Morgan fingerprint density at radius 3 is 2.60 bits per heavy atom. The van der Waals surface area contributed by atoms with E-state index in [1.807, 2.05) is 0 Å². The second-order valence-electron chi connectivity index (χ2n) is 4.51. The highest BCUT2D eigenvalue weighted by molar-refractivity contribution is 5.81. The zero-order valence-electron chi connectivity index (χ0n) is 9.48. The summed E-state index contributed by atoms with van der Waals surface area (Å²) >= 11 is 0. The van der Waals surface area contributed by atoms with Crippen LogP contribution in [-0.2, 0) is 4.79 Å². The lowest BCUT2D eigenvalue weighted by molar-refractivity contribution is -0.132. The van der Waals surface area contributed by atoms with E-state index in [9.17, 15) is 4.79 Å². The van der Waals surface area contributed by atoms with Crippen LogP contribution < -0.4 is 5.73 Å². The molecule has 0 aromatic rings. The highest BCUT2D eigenvalue weighted by Crippen LogP contribution is 2.24. The van der Waals surface area contributed by atoms with Gasteiger partial charge in [-0.05, 0) is 18.8 Å². The van der Waals surface area contributed by atoms with Crippen molar-refractivity contribution in [1.29, 1.82) is 0 Å². The van der Waals surface area contributed by atoms with Crippen LogP contribution >= 0.6 is 0 Å². The number of hydrogen-bond donors (Lipinski definition) is 2. The number of carbonyl (C=O) groups is 1. The van der Waals surface area contributed by atoms with Crippen molar-refractivity contribution in [2.24, 2.45) is 11.7 Å². The molecule has 1 aliphatic rings. The summed E-state index contributed by atoms with van der Waals surface area (Å²) in [5.41, 5.74) is 5.48. The average Bonchev–Trinajstić information content (AvgIpc) is 2.28. The lowest BCUT2D eigenvalue weighted by Crippen LogP contribution is -2.45. The number of likely N-dealkylation sites (N-methyl/N-ethyl adjacent to an activating group) is 1. The predicted molar refractivity (Wildman–Crippen MR) is 59.3 cm³/mol. The molecule has 0 aliphatic heterocycles. The van der Waals surface area contributed by atoms with E-state index in [0.717, 1.165) is 6.54 Å². The molecule has 0 heterocycles. The predicted octanol–water partition coefficient (Wildman–Crippen LogP) is 0.345. The molecule has 4 nitrogen and oxygen atoms in total. The summed E-state index contributed by atoms with van der Waals surface area (Å²) in [5, 5.41) is 8.79. The summed E-state index contributed by atoms with van der Waals surface area (Å²) in [6.45, 7) is 0.514. The molecule has 1 fully saturated rings. The normalized spacial score (nSPS) is 19.9. The number of amides is 1. The topological polar surface area (TPSA) is 66.6 Å². The molecule has 0 aromatic carbocycles. The summed E-state index contributed by atoms with van der Waals surface area (Å²) in [5.74, 6) is 0.474. The Bertz CT molecular complexity index is 203. The zero-order chi connectivity index (χ0) is 11.3. The molecule has 1 saturated carbocycles. The van der Waals surface area contributed by atoms with Crippen molar-refractivity contribution in [3.63, 3.8) is 0 Å². The second kappa shape index (κ2) is 6.08. The van der Waals surface area contributed by atoms with Gasteiger partial charge < -0.3 is 15.7 Å². The molecule has 0 bridgehead atoms. The summed E-state index contributed by atoms with van der Waals surface area (Å²) in [6, 6.07) is -0.751. The molecular formula is C11H22N2O2. The van der Waals surface area contributed by atoms with E-state index in [1.54, 1.807) is 11.9 Å². The van der Waals surface area contributed by atoms with Gasteiger partial charge in [0.25, 0.3) is 0 Å². The number of nitrogens with zero attached hydrogens (tertiary/aromatic N) is 1. The Balaban J connectivity index is 2.33. The fraction of sp³-hybridized carbons (Fsp3) is 0.909. The van der Waals surface area contributed by atoms with Crippen molar-refractivity contribution >= 4 is 5.91 Å². The molecular weight excluding hydrogens is 192 g/mol. The van der Waals surface area contributed by atoms with Crippen LogP contribution in [-0.4, -0.2) is 42.2 Å². The van der Waals surface area contributed by atoms with Gasteiger partial charge in [0.2, 0.25) is 5.91 Å². The van der Waals surface area contributed by atoms with Gasteiger partial charge in [0.1, 0.15) is 6.04 Å². The number of rotatable bonds is 4. The number of hydrogen-bond acceptors (Lipinski definition) is 3. The average molecular weight is 214 g/mol. The van der Waals surface area contributed by atoms with Crippen LogP contribution in [0.25, 0.3) is 0 Å². The fourth-order valence-corrected chi connectivity index (χ4v) is 2.21. The molecule has 0 spiro atoms. The maximum absolute atomic E-state index is 11.6. The van der Waals surface area contributed by atoms with Crippen LogP contribution in [0.4, 0.5) is 0 Å². The highest BCUT2D eigenvalue weighted by atomic mass is 16.3. The largest absolute Gasteiger partial charge is 0.394 e. The van der Waals surface area contributed by atoms with Crippen molar-refractivity contribution < 1.29 is 9.90 Å². The van der Waals surface area contributed by atoms with E-state index >= 15 is 0 Å². The van der Waals surface area contributed by atoms with Gasteiger partial charge in [-0.15, -0.1) is 0 Å². The van der Waals surface area contributed by atoms with E-state index < -0.39 is 6.04 Å². The van der Waals surface area contributed by atoms with E-state index in [1.165, 1.54) is 32.1 Å². The Labute approximate surface area is 91.4 Å². The molecule has 0 radical (unpaired) electrons. The van der Waals surface area contributed by atoms with E-state index in [2.05, 4.69) is 0 Å². The minimum Gasteiger partial charge on any atom is -0.394 e. The number of aliphatic hydroxyl groups excluding tert-OH is 1. The molecule has 1 aliphatic carbocycles. The van der Waals surface area contributed by atoms with Crippen molar-refractivity contribution in [1.82, 2.24) is 4.90 Å². The minimum absolute atomic E-state index is 0.150. The van der Waals surface area contributed by atoms with E-state index in [4.69, 9.17) is 10.8 Å². The summed E-state index contributed by atoms with van der Waals surface area (Å²) in [7, 11) is 1.77. The minimum atomic E-state index is -0.751. The van der Waals surface area contributed by atoms with E-state index in [0.29, 0.717) is 5.92 Å². The van der Waals surface area contributed by atoms with Gasteiger partial charge in [-0.2, -0.15) is 0 Å². The van der Waals surface area contributed by atoms with Gasteiger partial charge in [0.15, 0.2) is 0 Å². The third-order valence-corrected chi connectivity index (χ3v) is 3.15. The van der Waals surface area contributed by atoms with Crippen molar-refractivity contribution in [3.05, 3.63) is 0 Å². The molecule has 88 valence electrons. The molecule has 3 N–H and O–H groups in total. The first-order valence-electron chi connectivity index (χ1n) is 5.76. The van der Waals surface area contributed by atoms with Gasteiger partial charge in [0, 0.05) is 13.6 Å². The third-order valence-electron chi connectivity index (χ3n) is 3.15. The first kappa shape index (κ1) is 12.5. The summed E-state index contributed by atoms with van der Waals surface area (Å²) in [4.78, 5) is 13.3. The Kier molecular flexibility index (Phi) is 5.05. The molecule has 1 rings (SSSR count). The van der Waals surface area contributed by atoms with Crippen LogP contribution in [0.15, 0.2) is 0 Å². The summed E-state index contributed by atoms with van der Waals surface area (Å²) < 4.78 is 0. The monoisotopic (exact) mass is 214 g/mol. The molecule has 0 saturated heterocycles. The smallest absolute Gasteiger partial charge is 0.241 e. The molecule has 1 unspecified atom stereocenters. The SMILES string of the molecule is CN(CC1CCCCC1)C(=O)C(N)CO. The van der Waals surface area contributed by atoms with Crippen LogP contribution in [0.5, 0.6) is 0 Å². The Morgan fingerprint density at radius 2 is 2.07 bits per heavy atom. The molecule has 1 atom stereocenters. The second-order valence-corrected chi connectivity index (χ2v) is 4.51. The summed E-state index contributed by atoms with van der Waals surface area (Å²) in [6.07, 6.45) is 6.31. The lowest BCUT2D eigenvalue weighted by atomic mass is 9.89. The maximum Gasteiger partial charge on any atom is 0.241 e. The maximum atomic E-state index is 11.6. The number of nitrogens with two attached hydrogens (primary N) is 1. The van der Waals surface area contributed by atoms with Gasteiger partial charge >= 0.3 is 0 Å². The van der Waals surface area contributed by atoms with Crippen LogP contribution in [0.3, 0.4) is 0 Å². The first-order chi connectivity index (χ1) is 7.15. The quantitative estimate of drug-likeness (QED) is 0.709. The Morgan fingerprint density at radius 1 is 1.47 bits per heavy atom. The van der Waals surface area contributed by atoms with Crippen molar-refractivity contribution in [2.45, 2.75) is 38.1 Å². The van der Waals surface area contributed by atoms with Gasteiger partial charge in [0.05, 0.1) is 6.61 Å². The van der Waals surface area contributed by atoms with Crippen LogP contribution in [0, 0.1) is 5.92 Å². The third kappa shape index (κ3) is 3.80. The standard InChI is InChI=1S/C11H22N2O2/c1-13(11(15)10(12)8-14)7-9-5-3-2-4-6-9/h9-10,14H,2-8,12H2,1H3. The number of aliphatic hydroxyl groups is 1. The molecule has 4 heteroatoms. The van der Waals surface area contributed by atoms with Gasteiger partial charge in [-0.25, -0.2) is 0 Å². The number of carbonyl (C=O) groups excluding carboxylic acids is 1. The van der Waals surface area contributed by atoms with Gasteiger partial charge in [-0.1, -0.05) is 19.3 Å². The molecule has 1 amide bonds. The molecule has 15 heavy (non-hydrogen) atoms. The first-order valence-corrected chi connectivity index (χ1v) is 5.76. The van der Waals surface area contributed by atoms with Crippen LogP contribution in [0.1, 0.15) is 32.1 Å². The van der Waals surface area contributed by atoms with Crippen LogP contribution in [0.2, 0.25) is 0 Å². The fourth-order valence-electron chi connectivity index (χ4n) is 2.21. The highest BCUT2D eigenvalue weighted by Gasteiger charge is 2.21. The van der Waals surface area contributed by atoms with Crippen molar-refractivity contribution in [3.8, 4) is 0 Å². The molecule has 0 aromatic heterocycles.